The highest BCUT2D eigenvalue weighted by Crippen LogP contribution is 2.38. The van der Waals surface area contributed by atoms with Gasteiger partial charge in [0.15, 0.2) is 0 Å². The van der Waals surface area contributed by atoms with Gasteiger partial charge in [0.05, 0.1) is 11.3 Å². The van der Waals surface area contributed by atoms with Crippen LogP contribution in [0.5, 0.6) is 5.75 Å². The van der Waals surface area contributed by atoms with Crippen molar-refractivity contribution in [3.05, 3.63) is 66.4 Å². The Bertz CT molecular complexity index is 1010. The molecule has 22 heavy (non-hydrogen) atoms. The first-order valence-corrected chi connectivity index (χ1v) is 7.19. The van der Waals surface area contributed by atoms with Gasteiger partial charge in [0, 0.05) is 10.8 Å². The van der Waals surface area contributed by atoms with Gasteiger partial charge >= 0.3 is 0 Å². The lowest BCUT2D eigenvalue weighted by atomic mass is 9.97. The zero-order valence-electron chi connectivity index (χ0n) is 12.1. The molecule has 0 radical (unpaired) electrons. The van der Waals surface area contributed by atoms with Gasteiger partial charge in [0.1, 0.15) is 11.4 Å². The van der Waals surface area contributed by atoms with Gasteiger partial charge in [-0.3, -0.25) is 0 Å². The quantitative estimate of drug-likeness (QED) is 0.561. The Labute approximate surface area is 127 Å². The van der Waals surface area contributed by atoms with Crippen LogP contribution in [0.15, 0.2) is 60.7 Å². The monoisotopic (exact) mass is 286 g/mol. The van der Waals surface area contributed by atoms with Gasteiger partial charge in [-0.15, -0.1) is 5.10 Å². The van der Waals surface area contributed by atoms with E-state index >= 15 is 0 Å². The third-order valence-electron chi connectivity index (χ3n) is 4.02. The Morgan fingerprint density at radius 1 is 0.727 bits per heavy atom. The molecular formula is C19H14N2O. The lowest BCUT2D eigenvalue weighted by Gasteiger charge is -2.11. The van der Waals surface area contributed by atoms with Crippen LogP contribution in [-0.2, 0) is 0 Å². The van der Waals surface area contributed by atoms with E-state index < -0.39 is 0 Å². The fraction of sp³-hybridized carbons (Fsp3) is 0.0526. The zero-order chi connectivity index (χ0) is 15.1. The molecule has 0 atom stereocenters. The molecular weight excluding hydrogens is 272 g/mol. The minimum Gasteiger partial charge on any atom is -0.507 e. The number of phenols is 1. The molecule has 0 aliphatic rings. The van der Waals surface area contributed by atoms with Crippen LogP contribution in [0.4, 0.5) is 0 Å². The fourth-order valence-electron chi connectivity index (χ4n) is 2.93. The molecule has 1 aromatic heterocycles. The maximum absolute atomic E-state index is 10.4. The molecule has 0 saturated carbocycles. The van der Waals surface area contributed by atoms with Crippen LogP contribution in [0.25, 0.3) is 32.8 Å². The van der Waals surface area contributed by atoms with E-state index in [1.807, 2.05) is 61.5 Å². The highest BCUT2D eigenvalue weighted by Gasteiger charge is 2.15. The molecule has 3 heteroatoms. The van der Waals surface area contributed by atoms with Crippen molar-refractivity contribution in [1.29, 1.82) is 0 Å². The van der Waals surface area contributed by atoms with Gasteiger partial charge < -0.3 is 5.11 Å². The summed E-state index contributed by atoms with van der Waals surface area (Å²) < 4.78 is 0. The maximum atomic E-state index is 10.4. The van der Waals surface area contributed by atoms with E-state index in [-0.39, 0.29) is 5.75 Å². The first-order chi connectivity index (χ1) is 10.8. The summed E-state index contributed by atoms with van der Waals surface area (Å²) in [7, 11) is 0. The number of rotatable bonds is 1. The van der Waals surface area contributed by atoms with Crippen molar-refractivity contribution in [1.82, 2.24) is 10.2 Å². The smallest absolute Gasteiger partial charge is 0.125 e. The Morgan fingerprint density at radius 3 is 2.23 bits per heavy atom. The predicted molar refractivity (Wildman–Crippen MR) is 88.9 cm³/mol. The van der Waals surface area contributed by atoms with E-state index in [0.29, 0.717) is 0 Å². The first kappa shape index (κ1) is 12.8. The van der Waals surface area contributed by atoms with Crippen LogP contribution in [-0.4, -0.2) is 15.3 Å². The number of aromatic hydroxyl groups is 1. The molecule has 4 aromatic rings. The van der Waals surface area contributed by atoms with Crippen molar-refractivity contribution in [2.75, 3.05) is 0 Å². The summed E-state index contributed by atoms with van der Waals surface area (Å²) in [6, 6.07) is 19.6. The molecule has 106 valence electrons. The standard InChI is InChI=1S/C19H14N2O/c1-12-14-7-4-5-9-16(14)19(21-20-12)18-15-8-3-2-6-13(15)10-11-17(18)22/h2-11,22H,1H3. The Morgan fingerprint density at radius 2 is 1.41 bits per heavy atom. The highest BCUT2D eigenvalue weighted by atomic mass is 16.3. The summed E-state index contributed by atoms with van der Waals surface area (Å²) in [6.07, 6.45) is 0. The van der Waals surface area contributed by atoms with E-state index in [1.54, 1.807) is 6.07 Å². The van der Waals surface area contributed by atoms with Crippen molar-refractivity contribution >= 4 is 21.5 Å². The van der Waals surface area contributed by atoms with E-state index in [2.05, 4.69) is 10.2 Å². The lowest BCUT2D eigenvalue weighted by molar-refractivity contribution is 0.478. The molecule has 0 amide bonds. The van der Waals surface area contributed by atoms with E-state index in [9.17, 15) is 5.11 Å². The van der Waals surface area contributed by atoms with Crippen molar-refractivity contribution in [2.24, 2.45) is 0 Å². The van der Waals surface area contributed by atoms with Crippen molar-refractivity contribution in [3.8, 4) is 17.0 Å². The molecule has 1 heterocycles. The number of aryl methyl sites for hydroxylation is 1. The van der Waals surface area contributed by atoms with E-state index in [0.717, 1.165) is 38.5 Å². The molecule has 0 unspecified atom stereocenters. The number of aromatic nitrogens is 2. The SMILES string of the molecule is Cc1nnc(-c2c(O)ccc3ccccc23)c2ccccc12. The summed E-state index contributed by atoms with van der Waals surface area (Å²) in [5, 5.41) is 23.2. The second kappa shape index (κ2) is 4.81. The largest absolute Gasteiger partial charge is 0.507 e. The minimum absolute atomic E-state index is 0.224. The van der Waals surface area contributed by atoms with Gasteiger partial charge in [-0.1, -0.05) is 54.6 Å². The van der Waals surface area contributed by atoms with Crippen LogP contribution in [0.2, 0.25) is 0 Å². The van der Waals surface area contributed by atoms with E-state index in [1.165, 1.54) is 0 Å². The lowest BCUT2D eigenvalue weighted by Crippen LogP contribution is -1.95. The number of fused-ring (bicyclic) bond motifs is 2. The molecule has 0 aliphatic heterocycles. The summed E-state index contributed by atoms with van der Waals surface area (Å²) in [4.78, 5) is 0. The van der Waals surface area contributed by atoms with E-state index in [4.69, 9.17) is 0 Å². The van der Waals surface area contributed by atoms with Crippen LogP contribution < -0.4 is 0 Å². The topological polar surface area (TPSA) is 46.0 Å². The Kier molecular flexibility index (Phi) is 2.79. The van der Waals surface area contributed by atoms with Crippen LogP contribution in [0.1, 0.15) is 5.69 Å². The average molecular weight is 286 g/mol. The number of hydrogen-bond donors (Lipinski definition) is 1. The fourth-order valence-corrected chi connectivity index (χ4v) is 2.93. The molecule has 4 rings (SSSR count). The van der Waals surface area contributed by atoms with Crippen molar-refractivity contribution < 1.29 is 5.11 Å². The molecule has 0 fully saturated rings. The first-order valence-electron chi connectivity index (χ1n) is 7.19. The Hall–Kier alpha value is -2.94. The van der Waals surface area contributed by atoms with Crippen LogP contribution >= 0.6 is 0 Å². The predicted octanol–water partition coefficient (Wildman–Crippen LogP) is 4.46. The maximum Gasteiger partial charge on any atom is 0.125 e. The molecule has 0 saturated heterocycles. The molecule has 0 bridgehead atoms. The third-order valence-corrected chi connectivity index (χ3v) is 4.02. The summed E-state index contributed by atoms with van der Waals surface area (Å²) in [6.45, 7) is 1.95. The highest BCUT2D eigenvalue weighted by molar-refractivity contribution is 6.06. The molecule has 1 N–H and O–H groups in total. The second-order valence-corrected chi connectivity index (χ2v) is 5.36. The van der Waals surface area contributed by atoms with Crippen LogP contribution in [0.3, 0.4) is 0 Å². The average Bonchev–Trinajstić information content (AvgIpc) is 2.56. The van der Waals surface area contributed by atoms with Crippen molar-refractivity contribution in [3.63, 3.8) is 0 Å². The van der Waals surface area contributed by atoms with Gasteiger partial charge in [-0.25, -0.2) is 0 Å². The molecule has 3 nitrogen and oxygen atoms in total. The van der Waals surface area contributed by atoms with Crippen LogP contribution in [0, 0.1) is 6.92 Å². The van der Waals surface area contributed by atoms with Gasteiger partial charge in [0.25, 0.3) is 0 Å². The molecule has 3 aromatic carbocycles. The zero-order valence-corrected chi connectivity index (χ0v) is 12.1. The molecule has 0 spiro atoms. The third kappa shape index (κ3) is 1.83. The second-order valence-electron chi connectivity index (χ2n) is 5.36. The minimum atomic E-state index is 0.224. The number of phenolic OH excluding ortho intramolecular Hbond substituents is 1. The molecule has 0 aliphatic carbocycles. The number of hydrogen-bond acceptors (Lipinski definition) is 3. The van der Waals surface area contributed by atoms with Gasteiger partial charge in [-0.2, -0.15) is 5.10 Å². The normalized spacial score (nSPS) is 11.1. The Balaban J connectivity index is 2.17. The summed E-state index contributed by atoms with van der Waals surface area (Å²) in [5.74, 6) is 0.224. The number of benzene rings is 3. The van der Waals surface area contributed by atoms with Gasteiger partial charge in [0.2, 0.25) is 0 Å². The van der Waals surface area contributed by atoms with Gasteiger partial charge in [-0.05, 0) is 23.8 Å². The summed E-state index contributed by atoms with van der Waals surface area (Å²) in [5.41, 5.74) is 2.34. The number of nitrogens with zero attached hydrogens (tertiary/aromatic N) is 2. The summed E-state index contributed by atoms with van der Waals surface area (Å²) >= 11 is 0. The van der Waals surface area contributed by atoms with Crippen molar-refractivity contribution in [2.45, 2.75) is 6.92 Å².